The number of aliphatic hydroxyl groups is 1. The molecule has 1 rings (SSSR count). The van der Waals surface area contributed by atoms with Crippen molar-refractivity contribution in [1.29, 1.82) is 0 Å². The van der Waals surface area contributed by atoms with Gasteiger partial charge < -0.3 is 15.3 Å². The second kappa shape index (κ2) is 6.05. The Hall–Kier alpha value is -0.650. The molecule has 0 saturated carbocycles. The zero-order valence-electron chi connectivity index (χ0n) is 9.57. The monoisotopic (exact) mass is 215 g/mol. The van der Waals surface area contributed by atoms with E-state index in [9.17, 15) is 4.79 Å². The molecule has 1 atom stereocenters. The van der Waals surface area contributed by atoms with E-state index < -0.39 is 0 Å². The van der Waals surface area contributed by atoms with Crippen molar-refractivity contribution < 1.29 is 9.90 Å². The predicted octanol–water partition coefficient (Wildman–Crippen LogP) is -1.27. The van der Waals surface area contributed by atoms with E-state index in [1.54, 1.807) is 0 Å². The molecule has 0 spiro atoms. The Kier molecular flexibility index (Phi) is 5.01. The van der Waals surface area contributed by atoms with Crippen LogP contribution in [0.4, 0.5) is 0 Å². The van der Waals surface area contributed by atoms with Gasteiger partial charge >= 0.3 is 0 Å². The Balaban J connectivity index is 2.28. The van der Waals surface area contributed by atoms with E-state index in [1.165, 1.54) is 6.92 Å². The number of nitrogens with zero attached hydrogens (tertiary/aromatic N) is 2. The molecule has 0 aromatic rings. The lowest BCUT2D eigenvalue weighted by molar-refractivity contribution is -0.120. The molecule has 1 amide bonds. The Bertz CT molecular complexity index is 203. The summed E-state index contributed by atoms with van der Waals surface area (Å²) in [7, 11) is 2.11. The van der Waals surface area contributed by atoms with Crippen molar-refractivity contribution in [3.63, 3.8) is 0 Å². The minimum Gasteiger partial charge on any atom is -0.394 e. The highest BCUT2D eigenvalue weighted by Crippen LogP contribution is 2.00. The van der Waals surface area contributed by atoms with Crippen molar-refractivity contribution in [3.05, 3.63) is 0 Å². The van der Waals surface area contributed by atoms with Gasteiger partial charge in [0, 0.05) is 39.6 Å². The van der Waals surface area contributed by atoms with Crippen LogP contribution in [0.2, 0.25) is 0 Å². The minimum atomic E-state index is -0.133. The van der Waals surface area contributed by atoms with Gasteiger partial charge in [0.1, 0.15) is 0 Å². The molecule has 0 aromatic heterocycles. The molecule has 1 aliphatic rings. The van der Waals surface area contributed by atoms with Crippen molar-refractivity contribution >= 4 is 5.91 Å². The quantitative estimate of drug-likeness (QED) is 0.614. The molecule has 0 aromatic carbocycles. The molecule has 1 saturated heterocycles. The maximum atomic E-state index is 10.9. The van der Waals surface area contributed by atoms with Gasteiger partial charge in [0.05, 0.1) is 12.6 Å². The van der Waals surface area contributed by atoms with E-state index >= 15 is 0 Å². The van der Waals surface area contributed by atoms with E-state index in [0.29, 0.717) is 0 Å². The van der Waals surface area contributed by atoms with Gasteiger partial charge in [-0.1, -0.05) is 0 Å². The van der Waals surface area contributed by atoms with Crippen LogP contribution in [0.1, 0.15) is 6.92 Å². The molecular formula is C10H21N3O2. The average Bonchev–Trinajstić information content (AvgIpc) is 2.19. The molecule has 0 bridgehead atoms. The van der Waals surface area contributed by atoms with Gasteiger partial charge in [-0.05, 0) is 7.05 Å². The fourth-order valence-corrected chi connectivity index (χ4v) is 1.78. The van der Waals surface area contributed by atoms with E-state index in [1.807, 2.05) is 0 Å². The van der Waals surface area contributed by atoms with Crippen molar-refractivity contribution in [1.82, 2.24) is 15.1 Å². The predicted molar refractivity (Wildman–Crippen MR) is 58.6 cm³/mol. The summed E-state index contributed by atoms with van der Waals surface area (Å²) in [6.45, 7) is 6.35. The topological polar surface area (TPSA) is 55.8 Å². The van der Waals surface area contributed by atoms with Crippen molar-refractivity contribution in [3.8, 4) is 0 Å². The Morgan fingerprint density at radius 1 is 1.40 bits per heavy atom. The molecule has 5 heteroatoms. The number of carbonyl (C=O) groups is 1. The fraction of sp³-hybridized carbons (Fsp3) is 0.900. The second-order valence-electron chi connectivity index (χ2n) is 4.18. The molecule has 1 heterocycles. The van der Waals surface area contributed by atoms with E-state index in [-0.39, 0.29) is 18.6 Å². The summed E-state index contributed by atoms with van der Waals surface area (Å²) >= 11 is 0. The molecule has 1 fully saturated rings. The van der Waals surface area contributed by atoms with Gasteiger partial charge in [-0.2, -0.15) is 0 Å². The molecule has 88 valence electrons. The van der Waals surface area contributed by atoms with Gasteiger partial charge in [0.2, 0.25) is 5.91 Å². The number of hydrogen-bond acceptors (Lipinski definition) is 4. The first-order chi connectivity index (χ1) is 7.11. The van der Waals surface area contributed by atoms with E-state index in [2.05, 4.69) is 22.2 Å². The van der Waals surface area contributed by atoms with Crippen LogP contribution < -0.4 is 5.32 Å². The van der Waals surface area contributed by atoms with Crippen LogP contribution in [0.15, 0.2) is 0 Å². The molecule has 1 unspecified atom stereocenters. The summed E-state index contributed by atoms with van der Waals surface area (Å²) in [5, 5.41) is 11.8. The lowest BCUT2D eigenvalue weighted by Crippen LogP contribution is -2.51. The first-order valence-electron chi connectivity index (χ1n) is 5.40. The Labute approximate surface area is 91.0 Å². The largest absolute Gasteiger partial charge is 0.394 e. The summed E-state index contributed by atoms with van der Waals surface area (Å²) < 4.78 is 0. The molecule has 0 radical (unpaired) electrons. The van der Waals surface area contributed by atoms with Crippen molar-refractivity contribution in [2.24, 2.45) is 0 Å². The third-order valence-corrected chi connectivity index (χ3v) is 2.70. The molecule has 15 heavy (non-hydrogen) atoms. The van der Waals surface area contributed by atoms with Gasteiger partial charge in [-0.25, -0.2) is 0 Å². The molecule has 5 nitrogen and oxygen atoms in total. The standard InChI is InChI=1S/C10H21N3O2/c1-9(15)11-10(8-14)7-13-5-3-12(2)4-6-13/h10,14H,3-8H2,1-2H3,(H,11,15). The highest BCUT2D eigenvalue weighted by Gasteiger charge is 2.18. The van der Waals surface area contributed by atoms with Gasteiger partial charge in [0.25, 0.3) is 0 Å². The van der Waals surface area contributed by atoms with Crippen LogP contribution >= 0.6 is 0 Å². The third kappa shape index (κ3) is 4.59. The summed E-state index contributed by atoms with van der Waals surface area (Å²) in [6.07, 6.45) is 0. The zero-order chi connectivity index (χ0) is 11.3. The van der Waals surface area contributed by atoms with Gasteiger partial charge in [-0.3, -0.25) is 9.69 Å². The summed E-state index contributed by atoms with van der Waals surface area (Å²) in [5.41, 5.74) is 0. The highest BCUT2D eigenvalue weighted by atomic mass is 16.3. The SMILES string of the molecule is CC(=O)NC(CO)CN1CCN(C)CC1. The molecular weight excluding hydrogens is 194 g/mol. The van der Waals surface area contributed by atoms with Crippen LogP contribution in [-0.2, 0) is 4.79 Å². The van der Waals surface area contributed by atoms with Crippen LogP contribution in [-0.4, -0.2) is 73.2 Å². The van der Waals surface area contributed by atoms with Crippen LogP contribution in [0, 0.1) is 0 Å². The summed E-state index contributed by atoms with van der Waals surface area (Å²) in [4.78, 5) is 15.4. The summed E-state index contributed by atoms with van der Waals surface area (Å²) in [5.74, 6) is -0.0804. The highest BCUT2D eigenvalue weighted by molar-refractivity contribution is 5.73. The van der Waals surface area contributed by atoms with Crippen molar-refractivity contribution in [2.75, 3.05) is 46.4 Å². The fourth-order valence-electron chi connectivity index (χ4n) is 1.78. The number of rotatable bonds is 4. The first-order valence-corrected chi connectivity index (χ1v) is 5.40. The first kappa shape index (κ1) is 12.4. The average molecular weight is 215 g/mol. The van der Waals surface area contributed by atoms with Crippen LogP contribution in [0.25, 0.3) is 0 Å². The van der Waals surface area contributed by atoms with Gasteiger partial charge in [0.15, 0.2) is 0 Å². The Morgan fingerprint density at radius 3 is 2.47 bits per heavy atom. The number of nitrogens with one attached hydrogen (secondary N) is 1. The van der Waals surface area contributed by atoms with Crippen LogP contribution in [0.5, 0.6) is 0 Å². The summed E-state index contributed by atoms with van der Waals surface area (Å²) in [6, 6.07) is -0.133. The maximum absolute atomic E-state index is 10.9. The smallest absolute Gasteiger partial charge is 0.217 e. The number of carbonyl (C=O) groups excluding carboxylic acids is 1. The second-order valence-corrected chi connectivity index (χ2v) is 4.18. The normalized spacial score (nSPS) is 21.3. The maximum Gasteiger partial charge on any atom is 0.217 e. The lowest BCUT2D eigenvalue weighted by Gasteiger charge is -2.34. The third-order valence-electron chi connectivity index (χ3n) is 2.70. The van der Waals surface area contributed by atoms with E-state index in [4.69, 9.17) is 5.11 Å². The Morgan fingerprint density at radius 2 is 2.00 bits per heavy atom. The molecule has 1 aliphatic heterocycles. The minimum absolute atomic E-state index is 0.00587. The zero-order valence-corrected chi connectivity index (χ0v) is 9.57. The lowest BCUT2D eigenvalue weighted by atomic mass is 10.2. The number of piperazine rings is 1. The number of aliphatic hydroxyl groups excluding tert-OH is 1. The van der Waals surface area contributed by atoms with E-state index in [0.717, 1.165) is 32.7 Å². The van der Waals surface area contributed by atoms with Crippen molar-refractivity contribution in [2.45, 2.75) is 13.0 Å². The van der Waals surface area contributed by atoms with Crippen LogP contribution in [0.3, 0.4) is 0 Å². The molecule has 0 aliphatic carbocycles. The number of hydrogen-bond donors (Lipinski definition) is 2. The number of likely N-dealkylation sites (N-methyl/N-ethyl adjacent to an activating group) is 1. The van der Waals surface area contributed by atoms with Gasteiger partial charge in [-0.15, -0.1) is 0 Å². The number of amides is 1. The molecule has 2 N–H and O–H groups in total.